The molecule has 7 nitrogen and oxygen atoms in total. The molecule has 0 spiro atoms. The van der Waals surface area contributed by atoms with Gasteiger partial charge in [-0.3, -0.25) is 10.1 Å². The number of benzene rings is 1. The van der Waals surface area contributed by atoms with Crippen LogP contribution in [0.4, 0.5) is 11.5 Å². The van der Waals surface area contributed by atoms with Gasteiger partial charge in [-0.1, -0.05) is 6.07 Å². The molecule has 8 heteroatoms. The highest BCUT2D eigenvalue weighted by atomic mass is 127. The summed E-state index contributed by atoms with van der Waals surface area (Å²) in [5.74, 6) is 0.645. The topological polar surface area (TPSA) is 129 Å². The molecule has 0 bridgehead atoms. The van der Waals surface area contributed by atoms with Gasteiger partial charge in [0.25, 0.3) is 0 Å². The largest absolute Gasteiger partial charge is 0.381 e. The monoisotopic (exact) mass is 451 g/mol. The van der Waals surface area contributed by atoms with Gasteiger partial charge in [0.2, 0.25) is 0 Å². The minimum Gasteiger partial charge on any atom is -0.381 e. The predicted molar refractivity (Wildman–Crippen MR) is 110 cm³/mol. The van der Waals surface area contributed by atoms with E-state index in [2.05, 4.69) is 38.7 Å². The molecule has 1 aromatic carbocycles. The molecule has 132 valence electrons. The molecule has 2 aromatic rings. The molecule has 0 amide bonds. The standard InChI is InChI=1S/C17H21N7.HI/c18-10-14-15(23-24-16(14)19)5-2-8-21-17(20)22-13-7-6-11-3-1-4-12(11)9-13;/h6-7,9H,1-5,8H2,(H3,19,23,24)(H3,20,21,22);1H. The van der Waals surface area contributed by atoms with E-state index in [9.17, 15) is 0 Å². The van der Waals surface area contributed by atoms with E-state index in [1.54, 1.807) is 0 Å². The number of aryl methyl sites for hydroxylation is 3. The number of aromatic nitrogens is 2. The number of anilines is 2. The fourth-order valence-corrected chi connectivity index (χ4v) is 2.99. The number of H-pyrrole nitrogens is 1. The van der Waals surface area contributed by atoms with Crippen LogP contribution in [-0.4, -0.2) is 22.7 Å². The van der Waals surface area contributed by atoms with E-state index >= 15 is 0 Å². The number of guanidine groups is 1. The van der Waals surface area contributed by atoms with Gasteiger partial charge < -0.3 is 16.8 Å². The number of hydrogen-bond acceptors (Lipinski definition) is 4. The Morgan fingerprint density at radius 3 is 2.96 bits per heavy atom. The number of aromatic amines is 1. The maximum absolute atomic E-state index is 9.02. The van der Waals surface area contributed by atoms with Crippen molar-refractivity contribution >= 4 is 41.4 Å². The average molecular weight is 451 g/mol. The van der Waals surface area contributed by atoms with Crippen molar-refractivity contribution in [1.82, 2.24) is 10.2 Å². The van der Waals surface area contributed by atoms with Gasteiger partial charge in [0.05, 0.1) is 5.69 Å². The molecule has 0 unspecified atom stereocenters. The number of nitrogens with zero attached hydrogens (tertiary/aromatic N) is 3. The summed E-state index contributed by atoms with van der Waals surface area (Å²) in [6, 6.07) is 8.40. The summed E-state index contributed by atoms with van der Waals surface area (Å²) in [7, 11) is 0. The molecular formula is C17H22IN7. The van der Waals surface area contributed by atoms with E-state index in [1.165, 1.54) is 24.0 Å². The van der Waals surface area contributed by atoms with Crippen molar-refractivity contribution in [2.24, 2.45) is 10.7 Å². The first-order valence-electron chi connectivity index (χ1n) is 8.09. The Balaban J connectivity index is 0.00000225. The van der Waals surface area contributed by atoms with Crippen LogP contribution in [0.15, 0.2) is 23.2 Å². The smallest absolute Gasteiger partial charge is 0.193 e. The number of nitrogens with one attached hydrogen (secondary N) is 2. The van der Waals surface area contributed by atoms with Crippen LogP contribution in [0.25, 0.3) is 0 Å². The van der Waals surface area contributed by atoms with Crippen LogP contribution in [0.1, 0.15) is 35.2 Å². The summed E-state index contributed by atoms with van der Waals surface area (Å²) in [5, 5.41) is 18.8. The predicted octanol–water partition coefficient (Wildman–Crippen LogP) is 2.33. The van der Waals surface area contributed by atoms with E-state index in [0.717, 1.165) is 24.2 Å². The summed E-state index contributed by atoms with van der Waals surface area (Å²) >= 11 is 0. The third kappa shape index (κ3) is 4.63. The number of nitrogen functional groups attached to an aromatic ring is 1. The number of nitriles is 1. The van der Waals surface area contributed by atoms with E-state index in [0.29, 0.717) is 24.5 Å². The summed E-state index contributed by atoms with van der Waals surface area (Å²) < 4.78 is 0. The normalized spacial score (nSPS) is 13.0. The number of hydrogen-bond donors (Lipinski definition) is 4. The Bertz CT molecular complexity index is 804. The fourth-order valence-electron chi connectivity index (χ4n) is 2.99. The quantitative estimate of drug-likeness (QED) is 0.240. The minimum atomic E-state index is 0. The Morgan fingerprint density at radius 1 is 1.36 bits per heavy atom. The number of fused-ring (bicyclic) bond motifs is 1. The molecule has 3 rings (SSSR count). The van der Waals surface area contributed by atoms with Crippen LogP contribution in [-0.2, 0) is 19.3 Å². The number of nitrogens with two attached hydrogens (primary N) is 2. The zero-order valence-corrected chi connectivity index (χ0v) is 16.2. The Kier molecular flexibility index (Phi) is 6.64. The highest BCUT2D eigenvalue weighted by Gasteiger charge is 2.11. The van der Waals surface area contributed by atoms with Gasteiger partial charge in [0, 0.05) is 12.2 Å². The van der Waals surface area contributed by atoms with Crippen LogP contribution in [0, 0.1) is 11.3 Å². The molecule has 0 aliphatic heterocycles. The van der Waals surface area contributed by atoms with Crippen LogP contribution < -0.4 is 16.8 Å². The van der Waals surface area contributed by atoms with Crippen LogP contribution in [0.3, 0.4) is 0 Å². The Morgan fingerprint density at radius 2 is 2.16 bits per heavy atom. The lowest BCUT2D eigenvalue weighted by Gasteiger charge is -2.08. The summed E-state index contributed by atoms with van der Waals surface area (Å²) in [6.45, 7) is 0.563. The minimum absolute atomic E-state index is 0. The molecule has 0 radical (unpaired) electrons. The first-order valence-corrected chi connectivity index (χ1v) is 8.09. The van der Waals surface area contributed by atoms with Gasteiger partial charge in [-0.25, -0.2) is 0 Å². The van der Waals surface area contributed by atoms with Gasteiger partial charge in [-0.05, 0) is 55.4 Å². The van der Waals surface area contributed by atoms with E-state index in [-0.39, 0.29) is 29.8 Å². The second-order valence-electron chi connectivity index (χ2n) is 5.91. The fraction of sp³-hybridized carbons (Fsp3) is 0.353. The molecular weight excluding hydrogens is 429 g/mol. The molecule has 6 N–H and O–H groups in total. The second kappa shape index (κ2) is 8.71. The zero-order chi connectivity index (χ0) is 16.9. The molecule has 1 aliphatic carbocycles. The van der Waals surface area contributed by atoms with Crippen molar-refractivity contribution in [1.29, 1.82) is 5.26 Å². The molecule has 0 fully saturated rings. The SMILES string of the molecule is I.N#Cc1c(N)n[nH]c1CCCN=C(N)Nc1ccc2c(c1)CCC2. The average Bonchev–Trinajstić information content (AvgIpc) is 3.17. The number of rotatable bonds is 5. The maximum Gasteiger partial charge on any atom is 0.193 e. The lowest BCUT2D eigenvalue weighted by molar-refractivity contribution is 0.802. The summed E-state index contributed by atoms with van der Waals surface area (Å²) in [4.78, 5) is 4.33. The first kappa shape index (κ1) is 19.1. The van der Waals surface area contributed by atoms with E-state index < -0.39 is 0 Å². The van der Waals surface area contributed by atoms with Crippen molar-refractivity contribution in [2.45, 2.75) is 32.1 Å². The Hall–Kier alpha value is -2.28. The van der Waals surface area contributed by atoms with E-state index in [4.69, 9.17) is 16.7 Å². The maximum atomic E-state index is 9.02. The van der Waals surface area contributed by atoms with Gasteiger partial charge in [-0.2, -0.15) is 10.4 Å². The van der Waals surface area contributed by atoms with E-state index in [1.807, 2.05) is 6.07 Å². The lowest BCUT2D eigenvalue weighted by atomic mass is 10.1. The van der Waals surface area contributed by atoms with Gasteiger partial charge in [-0.15, -0.1) is 24.0 Å². The molecule has 1 aromatic heterocycles. The third-order valence-corrected chi connectivity index (χ3v) is 4.22. The number of halogens is 1. The number of aliphatic imine (C=N–C) groups is 1. The highest BCUT2D eigenvalue weighted by molar-refractivity contribution is 14.0. The first-order chi connectivity index (χ1) is 11.7. The molecule has 25 heavy (non-hydrogen) atoms. The molecule has 0 saturated carbocycles. The molecule has 1 heterocycles. The molecule has 1 aliphatic rings. The molecule has 0 saturated heterocycles. The second-order valence-corrected chi connectivity index (χ2v) is 5.91. The van der Waals surface area contributed by atoms with Crippen molar-refractivity contribution in [2.75, 3.05) is 17.6 Å². The lowest BCUT2D eigenvalue weighted by Crippen LogP contribution is -2.23. The third-order valence-electron chi connectivity index (χ3n) is 4.22. The van der Waals surface area contributed by atoms with Crippen LogP contribution >= 0.6 is 24.0 Å². The van der Waals surface area contributed by atoms with Crippen molar-refractivity contribution in [3.8, 4) is 6.07 Å². The summed E-state index contributed by atoms with van der Waals surface area (Å²) in [6.07, 6.45) is 4.94. The van der Waals surface area contributed by atoms with Crippen LogP contribution in [0.5, 0.6) is 0 Å². The van der Waals surface area contributed by atoms with Crippen molar-refractivity contribution < 1.29 is 0 Å². The van der Waals surface area contributed by atoms with Gasteiger partial charge in [0.1, 0.15) is 11.6 Å². The zero-order valence-electron chi connectivity index (χ0n) is 13.9. The van der Waals surface area contributed by atoms with Crippen molar-refractivity contribution in [3.05, 3.63) is 40.6 Å². The van der Waals surface area contributed by atoms with Gasteiger partial charge in [0.15, 0.2) is 11.8 Å². The highest BCUT2D eigenvalue weighted by Crippen LogP contribution is 2.24. The van der Waals surface area contributed by atoms with Crippen molar-refractivity contribution in [3.63, 3.8) is 0 Å². The Labute approximate surface area is 163 Å². The summed E-state index contributed by atoms with van der Waals surface area (Å²) in [5.41, 5.74) is 16.5. The molecule has 0 atom stereocenters. The van der Waals surface area contributed by atoms with Crippen LogP contribution in [0.2, 0.25) is 0 Å². The van der Waals surface area contributed by atoms with Gasteiger partial charge >= 0.3 is 0 Å².